The number of nitrogens with one attached hydrogen (secondary N) is 2. The molecule has 0 aliphatic heterocycles. The van der Waals surface area contributed by atoms with E-state index in [2.05, 4.69) is 24.8 Å². The third-order valence-corrected chi connectivity index (χ3v) is 8.34. The monoisotopic (exact) mass is 581 g/mol. The maximum atomic E-state index is 11.9. The highest BCUT2D eigenvalue weighted by atomic mass is 16.8. The Morgan fingerprint density at radius 3 is 0.756 bits per heavy atom. The maximum absolute atomic E-state index is 11.9. The predicted molar refractivity (Wildman–Crippen MR) is 176 cm³/mol. The molecule has 2 amide bonds. The summed E-state index contributed by atoms with van der Waals surface area (Å²) in [5, 5.41) is 0. The first-order chi connectivity index (χ1) is 20.2. The fourth-order valence-electron chi connectivity index (χ4n) is 5.56. The van der Waals surface area contributed by atoms with Crippen LogP contribution in [0.2, 0.25) is 0 Å². The Labute approximate surface area is 256 Å². The van der Waals surface area contributed by atoms with Crippen LogP contribution >= 0.6 is 0 Å². The van der Waals surface area contributed by atoms with Gasteiger partial charge in [0.2, 0.25) is 11.8 Å². The lowest BCUT2D eigenvalue weighted by molar-refractivity contribution is -0.151. The van der Waals surface area contributed by atoms with Crippen molar-refractivity contribution in [3.8, 4) is 0 Å². The molecule has 0 aromatic heterocycles. The van der Waals surface area contributed by atoms with Gasteiger partial charge in [0.25, 0.3) is 0 Å². The molecule has 244 valence electrons. The molecule has 0 heterocycles. The molecule has 5 heteroatoms. The first-order valence-electron chi connectivity index (χ1n) is 18.4. The van der Waals surface area contributed by atoms with Gasteiger partial charge >= 0.3 is 0 Å². The Morgan fingerprint density at radius 2 is 0.537 bits per heavy atom. The summed E-state index contributed by atoms with van der Waals surface area (Å²) in [6, 6.07) is 0. The molecular formula is C36H72N2O3. The van der Waals surface area contributed by atoms with E-state index in [9.17, 15) is 9.59 Å². The van der Waals surface area contributed by atoms with Gasteiger partial charge in [-0.25, -0.2) is 11.0 Å². The Bertz CT molecular complexity index is 495. The van der Waals surface area contributed by atoms with Crippen LogP contribution < -0.4 is 11.0 Å². The van der Waals surface area contributed by atoms with Crippen LogP contribution in [0.15, 0.2) is 0 Å². The minimum Gasteiger partial charge on any atom is -0.273 e. The fourth-order valence-corrected chi connectivity index (χ4v) is 5.56. The van der Waals surface area contributed by atoms with Gasteiger partial charge in [0.15, 0.2) is 0 Å². The van der Waals surface area contributed by atoms with Gasteiger partial charge in [-0.1, -0.05) is 194 Å². The number of amides is 2. The number of hydroxylamine groups is 2. The van der Waals surface area contributed by atoms with Crippen molar-refractivity contribution in [1.29, 1.82) is 0 Å². The number of hydrogen-bond acceptors (Lipinski definition) is 3. The van der Waals surface area contributed by atoms with Gasteiger partial charge in [-0.05, 0) is 12.8 Å². The standard InChI is InChI=1S/C36H72N2O3/c1-3-5-7-9-11-13-15-17-19-21-23-25-27-29-31-33-35(39)37-41-38-36(40)34-32-30-28-26-24-22-20-18-16-14-12-10-8-6-4-2/h3-34H2,1-2H3,(H,37,39)(H,38,40). The number of unbranched alkanes of at least 4 members (excludes halogenated alkanes) is 28. The van der Waals surface area contributed by atoms with Crippen molar-refractivity contribution in [1.82, 2.24) is 11.0 Å². The third kappa shape index (κ3) is 35.0. The lowest BCUT2D eigenvalue weighted by Crippen LogP contribution is -2.34. The number of carbonyl (C=O) groups is 2. The fraction of sp³-hybridized carbons (Fsp3) is 0.944. The molecule has 41 heavy (non-hydrogen) atoms. The van der Waals surface area contributed by atoms with E-state index in [1.165, 1.54) is 167 Å². The summed E-state index contributed by atoms with van der Waals surface area (Å²) in [6.07, 6.45) is 40.2. The zero-order chi connectivity index (χ0) is 29.9. The minimum absolute atomic E-state index is 0.160. The smallest absolute Gasteiger partial charge is 0.245 e. The number of carbonyl (C=O) groups excluding carboxylic acids is 2. The number of hydrogen-bond donors (Lipinski definition) is 2. The van der Waals surface area contributed by atoms with Gasteiger partial charge in [-0.2, -0.15) is 4.94 Å². The Kier molecular flexibility index (Phi) is 34.2. The van der Waals surface area contributed by atoms with Crippen molar-refractivity contribution in [2.75, 3.05) is 0 Å². The molecule has 2 N–H and O–H groups in total. The average molecular weight is 581 g/mol. The van der Waals surface area contributed by atoms with E-state index in [0.717, 1.165) is 25.7 Å². The summed E-state index contributed by atoms with van der Waals surface area (Å²) < 4.78 is 0. The van der Waals surface area contributed by atoms with Crippen LogP contribution in [0, 0.1) is 0 Å². The quantitative estimate of drug-likeness (QED) is 0.0587. The van der Waals surface area contributed by atoms with Gasteiger partial charge in [0.1, 0.15) is 0 Å². The van der Waals surface area contributed by atoms with Crippen molar-refractivity contribution < 1.29 is 14.5 Å². The molecule has 0 spiro atoms. The highest BCUT2D eigenvalue weighted by Crippen LogP contribution is 2.15. The van der Waals surface area contributed by atoms with E-state index < -0.39 is 0 Å². The molecule has 0 aliphatic carbocycles. The summed E-state index contributed by atoms with van der Waals surface area (Å²) in [5.74, 6) is -0.320. The second-order valence-electron chi connectivity index (χ2n) is 12.6. The van der Waals surface area contributed by atoms with Crippen LogP contribution in [0.1, 0.15) is 219 Å². The van der Waals surface area contributed by atoms with Gasteiger partial charge in [0, 0.05) is 12.8 Å². The molecule has 0 saturated carbocycles. The van der Waals surface area contributed by atoms with Crippen molar-refractivity contribution >= 4 is 11.8 Å². The van der Waals surface area contributed by atoms with Crippen LogP contribution in [0.3, 0.4) is 0 Å². The SMILES string of the molecule is CCCCCCCCCCCCCCCCCC(=O)NONC(=O)CCCCCCCCCCCCCCCCC. The zero-order valence-electron chi connectivity index (χ0n) is 27.9. The molecule has 0 aliphatic rings. The first-order valence-corrected chi connectivity index (χ1v) is 18.4. The second-order valence-corrected chi connectivity index (χ2v) is 12.6. The highest BCUT2D eigenvalue weighted by molar-refractivity contribution is 5.76. The topological polar surface area (TPSA) is 67.4 Å². The summed E-state index contributed by atoms with van der Waals surface area (Å²) in [7, 11) is 0. The van der Waals surface area contributed by atoms with Gasteiger partial charge in [-0.15, -0.1) is 0 Å². The summed E-state index contributed by atoms with van der Waals surface area (Å²) in [5.41, 5.74) is 4.69. The molecule has 0 atom stereocenters. The lowest BCUT2D eigenvalue weighted by atomic mass is 10.0. The summed E-state index contributed by atoms with van der Waals surface area (Å²) in [6.45, 7) is 4.55. The van der Waals surface area contributed by atoms with E-state index >= 15 is 0 Å². The van der Waals surface area contributed by atoms with Gasteiger partial charge in [0.05, 0.1) is 0 Å². The van der Waals surface area contributed by atoms with E-state index in [-0.39, 0.29) is 11.8 Å². The summed E-state index contributed by atoms with van der Waals surface area (Å²) >= 11 is 0. The van der Waals surface area contributed by atoms with Crippen molar-refractivity contribution in [3.63, 3.8) is 0 Å². The molecule has 0 aromatic carbocycles. The van der Waals surface area contributed by atoms with Crippen LogP contribution in [0.4, 0.5) is 0 Å². The van der Waals surface area contributed by atoms with Gasteiger partial charge in [-0.3, -0.25) is 9.59 Å². The highest BCUT2D eigenvalue weighted by Gasteiger charge is 2.05. The normalized spacial score (nSPS) is 11.2. The van der Waals surface area contributed by atoms with Crippen molar-refractivity contribution in [2.24, 2.45) is 0 Å². The molecule has 0 saturated heterocycles. The van der Waals surface area contributed by atoms with Crippen molar-refractivity contribution in [3.05, 3.63) is 0 Å². The average Bonchev–Trinajstić information content (AvgIpc) is 2.97. The molecule has 5 nitrogen and oxygen atoms in total. The lowest BCUT2D eigenvalue weighted by Gasteiger charge is -2.07. The molecule has 0 radical (unpaired) electrons. The van der Waals surface area contributed by atoms with E-state index in [4.69, 9.17) is 4.94 Å². The maximum Gasteiger partial charge on any atom is 0.245 e. The van der Waals surface area contributed by atoms with Crippen LogP contribution in [0.25, 0.3) is 0 Å². The number of rotatable bonds is 34. The summed E-state index contributed by atoms with van der Waals surface area (Å²) in [4.78, 5) is 28.7. The van der Waals surface area contributed by atoms with Crippen LogP contribution in [-0.4, -0.2) is 11.8 Å². The third-order valence-electron chi connectivity index (χ3n) is 8.34. The van der Waals surface area contributed by atoms with Crippen LogP contribution in [-0.2, 0) is 14.5 Å². The Morgan fingerprint density at radius 1 is 0.341 bits per heavy atom. The predicted octanol–water partition coefficient (Wildman–Crippen LogP) is 11.6. The van der Waals surface area contributed by atoms with Crippen LogP contribution in [0.5, 0.6) is 0 Å². The Hall–Kier alpha value is -1.10. The molecule has 0 unspecified atom stereocenters. The van der Waals surface area contributed by atoms with Gasteiger partial charge < -0.3 is 0 Å². The molecule has 0 aromatic rings. The minimum atomic E-state index is -0.160. The van der Waals surface area contributed by atoms with E-state index in [1.54, 1.807) is 0 Å². The first kappa shape index (κ1) is 39.9. The second kappa shape index (κ2) is 35.1. The van der Waals surface area contributed by atoms with E-state index in [0.29, 0.717) is 12.8 Å². The molecule has 0 fully saturated rings. The molecular weight excluding hydrogens is 508 g/mol. The molecule has 0 rings (SSSR count). The van der Waals surface area contributed by atoms with Crippen molar-refractivity contribution in [2.45, 2.75) is 219 Å². The van der Waals surface area contributed by atoms with E-state index in [1.807, 2.05) is 0 Å². The zero-order valence-corrected chi connectivity index (χ0v) is 27.9. The molecule has 0 bridgehead atoms. The Balaban J connectivity index is 3.26. The largest absolute Gasteiger partial charge is 0.273 e.